The Kier molecular flexibility index (Phi) is 3.74. The van der Waals surface area contributed by atoms with Crippen LogP contribution in [0.4, 0.5) is 10.1 Å². The monoisotopic (exact) mass is 275 g/mol. The molecule has 0 fully saturated rings. The molecular weight excluding hydrogens is 269 g/mol. The van der Waals surface area contributed by atoms with Gasteiger partial charge in [-0.15, -0.1) is 0 Å². The standard InChI is InChI=1S/C13H7ClFN3O/c14-12-10(5-9(15)7-17-12)13(19)18-11-4-2-1-3-8(11)6-16/h1-5,7H,(H,18,19). The Balaban J connectivity index is 2.31. The number of aromatic nitrogens is 1. The number of hydrogen-bond donors (Lipinski definition) is 1. The molecule has 2 rings (SSSR count). The number of amides is 1. The molecule has 0 aliphatic carbocycles. The lowest BCUT2D eigenvalue weighted by Gasteiger charge is -2.07. The summed E-state index contributed by atoms with van der Waals surface area (Å²) < 4.78 is 13.0. The van der Waals surface area contributed by atoms with Crippen molar-refractivity contribution >= 4 is 23.2 Å². The number of hydrogen-bond acceptors (Lipinski definition) is 3. The Morgan fingerprint density at radius 2 is 2.16 bits per heavy atom. The van der Waals surface area contributed by atoms with Gasteiger partial charge >= 0.3 is 0 Å². The number of carbonyl (C=O) groups excluding carboxylic acids is 1. The fourth-order valence-electron chi connectivity index (χ4n) is 1.46. The molecule has 1 N–H and O–H groups in total. The highest BCUT2D eigenvalue weighted by Gasteiger charge is 2.14. The molecule has 0 aliphatic heterocycles. The summed E-state index contributed by atoms with van der Waals surface area (Å²) in [7, 11) is 0. The average molecular weight is 276 g/mol. The lowest BCUT2D eigenvalue weighted by atomic mass is 10.2. The SMILES string of the molecule is N#Cc1ccccc1NC(=O)c1cc(F)cnc1Cl. The van der Waals surface area contributed by atoms with Gasteiger partial charge in [0, 0.05) is 0 Å². The van der Waals surface area contributed by atoms with Gasteiger partial charge in [0.1, 0.15) is 17.0 Å². The second-order valence-electron chi connectivity index (χ2n) is 3.60. The Morgan fingerprint density at radius 3 is 2.89 bits per heavy atom. The first kappa shape index (κ1) is 13.0. The molecule has 0 saturated heterocycles. The third-order valence-corrected chi connectivity index (χ3v) is 2.65. The number of carbonyl (C=O) groups is 1. The molecule has 0 unspecified atom stereocenters. The third-order valence-electron chi connectivity index (χ3n) is 2.35. The van der Waals surface area contributed by atoms with Gasteiger partial charge in [-0.05, 0) is 18.2 Å². The van der Waals surface area contributed by atoms with E-state index in [0.717, 1.165) is 12.3 Å². The number of anilines is 1. The molecule has 1 aromatic carbocycles. The smallest absolute Gasteiger partial charge is 0.258 e. The van der Waals surface area contributed by atoms with Gasteiger partial charge in [-0.3, -0.25) is 4.79 Å². The summed E-state index contributed by atoms with van der Waals surface area (Å²) in [6, 6.07) is 9.39. The van der Waals surface area contributed by atoms with Gasteiger partial charge in [0.05, 0.1) is 23.0 Å². The molecule has 0 atom stereocenters. The fraction of sp³-hybridized carbons (Fsp3) is 0. The minimum Gasteiger partial charge on any atom is -0.321 e. The Morgan fingerprint density at radius 1 is 1.42 bits per heavy atom. The lowest BCUT2D eigenvalue weighted by Crippen LogP contribution is -2.14. The molecule has 1 heterocycles. The van der Waals surface area contributed by atoms with Gasteiger partial charge < -0.3 is 5.32 Å². The van der Waals surface area contributed by atoms with Crippen LogP contribution in [0.1, 0.15) is 15.9 Å². The first-order chi connectivity index (χ1) is 9.11. The number of benzene rings is 1. The molecule has 0 saturated carbocycles. The number of halogens is 2. The van der Waals surface area contributed by atoms with E-state index in [1.54, 1.807) is 24.3 Å². The summed E-state index contributed by atoms with van der Waals surface area (Å²) in [4.78, 5) is 15.5. The average Bonchev–Trinajstić information content (AvgIpc) is 2.42. The largest absolute Gasteiger partial charge is 0.321 e. The van der Waals surface area contributed by atoms with E-state index in [1.807, 2.05) is 6.07 Å². The molecule has 1 aromatic heterocycles. The molecule has 19 heavy (non-hydrogen) atoms. The van der Waals surface area contributed by atoms with Crippen LogP contribution in [0.25, 0.3) is 0 Å². The minimum atomic E-state index is -0.664. The lowest BCUT2D eigenvalue weighted by molar-refractivity contribution is 0.102. The molecule has 0 aliphatic rings. The topological polar surface area (TPSA) is 65.8 Å². The molecule has 1 amide bonds. The first-order valence-corrected chi connectivity index (χ1v) is 5.61. The number of nitrogens with one attached hydrogen (secondary N) is 1. The van der Waals surface area contributed by atoms with E-state index in [2.05, 4.69) is 10.3 Å². The Labute approximate surface area is 113 Å². The summed E-state index contributed by atoms with van der Waals surface area (Å²) in [6.07, 6.45) is 0.919. The van der Waals surface area contributed by atoms with Gasteiger partial charge in [0.15, 0.2) is 0 Å². The van der Waals surface area contributed by atoms with E-state index in [1.165, 1.54) is 0 Å². The van der Waals surface area contributed by atoms with Gasteiger partial charge in [0.25, 0.3) is 5.91 Å². The number of nitrogens with zero attached hydrogens (tertiary/aromatic N) is 2. The number of pyridine rings is 1. The van der Waals surface area contributed by atoms with E-state index < -0.39 is 11.7 Å². The highest BCUT2D eigenvalue weighted by molar-refractivity contribution is 6.33. The predicted octanol–water partition coefficient (Wildman–Crippen LogP) is 3.00. The first-order valence-electron chi connectivity index (χ1n) is 5.23. The van der Waals surface area contributed by atoms with Crippen molar-refractivity contribution in [3.63, 3.8) is 0 Å². The van der Waals surface area contributed by atoms with Gasteiger partial charge in [-0.25, -0.2) is 9.37 Å². The van der Waals surface area contributed by atoms with Crippen LogP contribution in [0.15, 0.2) is 36.5 Å². The van der Waals surface area contributed by atoms with E-state index in [-0.39, 0.29) is 10.7 Å². The maximum atomic E-state index is 13.0. The third kappa shape index (κ3) is 2.87. The van der Waals surface area contributed by atoms with Crippen LogP contribution in [0.2, 0.25) is 5.15 Å². The van der Waals surface area contributed by atoms with Gasteiger partial charge in [-0.1, -0.05) is 23.7 Å². The van der Waals surface area contributed by atoms with E-state index in [0.29, 0.717) is 11.3 Å². The van der Waals surface area contributed by atoms with E-state index in [4.69, 9.17) is 16.9 Å². The van der Waals surface area contributed by atoms with Crippen molar-refractivity contribution in [2.24, 2.45) is 0 Å². The zero-order valence-corrected chi connectivity index (χ0v) is 10.3. The quantitative estimate of drug-likeness (QED) is 0.857. The van der Waals surface area contributed by atoms with Crippen molar-refractivity contribution in [1.29, 1.82) is 5.26 Å². The number of rotatable bonds is 2. The molecule has 94 valence electrons. The van der Waals surface area contributed by atoms with Crippen LogP contribution in [0.3, 0.4) is 0 Å². The zero-order valence-electron chi connectivity index (χ0n) is 9.52. The van der Waals surface area contributed by atoms with Crippen LogP contribution >= 0.6 is 11.6 Å². The van der Waals surface area contributed by atoms with Crippen LogP contribution in [0, 0.1) is 17.1 Å². The van der Waals surface area contributed by atoms with Crippen molar-refractivity contribution in [3.8, 4) is 6.07 Å². The second-order valence-corrected chi connectivity index (χ2v) is 3.96. The maximum Gasteiger partial charge on any atom is 0.258 e. The summed E-state index contributed by atoms with van der Waals surface area (Å²) in [5.74, 6) is -1.29. The highest BCUT2D eigenvalue weighted by Crippen LogP contribution is 2.18. The van der Waals surface area contributed by atoms with Crippen molar-refractivity contribution < 1.29 is 9.18 Å². The number of nitriles is 1. The summed E-state index contributed by atoms with van der Waals surface area (Å²) in [6.45, 7) is 0. The predicted molar refractivity (Wildman–Crippen MR) is 68.3 cm³/mol. The molecular formula is C13H7ClFN3O. The molecule has 0 radical (unpaired) electrons. The van der Waals surface area contributed by atoms with Gasteiger partial charge in [0.2, 0.25) is 0 Å². The second kappa shape index (κ2) is 5.46. The van der Waals surface area contributed by atoms with Crippen LogP contribution in [-0.2, 0) is 0 Å². The van der Waals surface area contributed by atoms with Crippen LogP contribution in [-0.4, -0.2) is 10.9 Å². The van der Waals surface area contributed by atoms with Crippen LogP contribution < -0.4 is 5.32 Å². The van der Waals surface area contributed by atoms with Gasteiger partial charge in [-0.2, -0.15) is 5.26 Å². The minimum absolute atomic E-state index is 0.0885. The summed E-state index contributed by atoms with van der Waals surface area (Å²) in [5, 5.41) is 11.3. The van der Waals surface area contributed by atoms with E-state index >= 15 is 0 Å². The van der Waals surface area contributed by atoms with E-state index in [9.17, 15) is 9.18 Å². The van der Waals surface area contributed by atoms with Crippen molar-refractivity contribution in [3.05, 3.63) is 58.6 Å². The number of para-hydroxylation sites is 1. The zero-order chi connectivity index (χ0) is 13.8. The molecule has 6 heteroatoms. The van der Waals surface area contributed by atoms with Crippen molar-refractivity contribution in [2.45, 2.75) is 0 Å². The Bertz CT molecular complexity index is 682. The fourth-order valence-corrected chi connectivity index (χ4v) is 1.65. The van der Waals surface area contributed by atoms with Crippen molar-refractivity contribution in [1.82, 2.24) is 4.98 Å². The van der Waals surface area contributed by atoms with Crippen LogP contribution in [0.5, 0.6) is 0 Å². The maximum absolute atomic E-state index is 13.0. The molecule has 0 bridgehead atoms. The highest BCUT2D eigenvalue weighted by atomic mass is 35.5. The normalized spacial score (nSPS) is 9.74. The Hall–Kier alpha value is -2.45. The summed E-state index contributed by atoms with van der Waals surface area (Å²) >= 11 is 5.73. The van der Waals surface area contributed by atoms with Crippen molar-refractivity contribution in [2.75, 3.05) is 5.32 Å². The molecule has 4 nitrogen and oxygen atoms in total. The molecule has 2 aromatic rings. The summed E-state index contributed by atoms with van der Waals surface area (Å²) in [5.41, 5.74) is 0.543. The molecule has 0 spiro atoms.